The predicted octanol–water partition coefficient (Wildman–Crippen LogP) is 0.656. The second-order valence-corrected chi connectivity index (χ2v) is 5.36. The molecule has 1 atom stereocenters. The van der Waals surface area contributed by atoms with E-state index in [0.29, 0.717) is 0 Å². The van der Waals surface area contributed by atoms with Crippen LogP contribution in [-0.2, 0) is 19.7 Å². The van der Waals surface area contributed by atoms with E-state index >= 15 is 0 Å². The zero-order valence-corrected chi connectivity index (χ0v) is 11.7. The second kappa shape index (κ2) is 6.55. The fourth-order valence-electron chi connectivity index (χ4n) is 1.29. The normalized spacial score (nSPS) is 12.5. The number of carboxylic acid groups (broad SMARTS) is 1. The van der Waals surface area contributed by atoms with Crippen LogP contribution in [0.4, 0.5) is 4.79 Å². The van der Waals surface area contributed by atoms with E-state index in [2.05, 4.69) is 4.74 Å². The molecule has 0 aromatic heterocycles. The van der Waals surface area contributed by atoms with E-state index in [9.17, 15) is 18.0 Å². The Morgan fingerprint density at radius 3 is 2.45 bits per heavy atom. The van der Waals surface area contributed by atoms with Gasteiger partial charge in [-0.05, 0) is 11.6 Å². The summed E-state index contributed by atoms with van der Waals surface area (Å²) >= 11 is 5.81. The van der Waals surface area contributed by atoms with Gasteiger partial charge >= 0.3 is 22.3 Å². The van der Waals surface area contributed by atoms with Gasteiger partial charge in [0.05, 0.1) is 7.11 Å². The van der Waals surface area contributed by atoms with E-state index < -0.39 is 28.3 Å². The Morgan fingerprint density at radius 2 is 1.95 bits per heavy atom. The molecular formula is C10H11ClN2O6S. The van der Waals surface area contributed by atoms with E-state index in [1.807, 2.05) is 0 Å². The number of methoxy groups -OCH3 is 1. The summed E-state index contributed by atoms with van der Waals surface area (Å²) in [5, 5.41) is 9.15. The van der Waals surface area contributed by atoms with Crippen LogP contribution in [0.15, 0.2) is 24.3 Å². The maximum Gasteiger partial charge on any atom is 0.421 e. The predicted molar refractivity (Wildman–Crippen MR) is 69.4 cm³/mol. The van der Waals surface area contributed by atoms with Crippen molar-refractivity contribution in [2.24, 2.45) is 0 Å². The van der Waals surface area contributed by atoms with Crippen LogP contribution in [0.3, 0.4) is 0 Å². The Morgan fingerprint density at radius 1 is 1.35 bits per heavy atom. The summed E-state index contributed by atoms with van der Waals surface area (Å²) in [6, 6.07) is 4.17. The molecule has 3 N–H and O–H groups in total. The van der Waals surface area contributed by atoms with Gasteiger partial charge in [-0.25, -0.2) is 9.52 Å². The fourth-order valence-corrected chi connectivity index (χ4v) is 2.44. The summed E-state index contributed by atoms with van der Waals surface area (Å²) in [6.07, 6.45) is -1.25. The fraction of sp³-hybridized carbons (Fsp3) is 0.200. The van der Waals surface area contributed by atoms with Gasteiger partial charge in [-0.15, -0.1) is 0 Å². The van der Waals surface area contributed by atoms with E-state index in [-0.39, 0.29) is 10.6 Å². The molecule has 1 amide bonds. The van der Waals surface area contributed by atoms with Crippen LogP contribution in [-0.4, -0.2) is 32.7 Å². The summed E-state index contributed by atoms with van der Waals surface area (Å²) in [4.78, 5) is 22.0. The van der Waals surface area contributed by atoms with Gasteiger partial charge in [0.25, 0.3) is 0 Å². The molecule has 0 radical (unpaired) electrons. The Balaban J connectivity index is 3.03. The third-order valence-electron chi connectivity index (χ3n) is 2.14. The van der Waals surface area contributed by atoms with Crippen LogP contribution in [0.2, 0.25) is 5.02 Å². The van der Waals surface area contributed by atoms with Crippen molar-refractivity contribution in [1.82, 2.24) is 9.44 Å². The lowest BCUT2D eigenvalue weighted by atomic mass is 10.1. The van der Waals surface area contributed by atoms with Crippen LogP contribution >= 0.6 is 11.6 Å². The van der Waals surface area contributed by atoms with Crippen LogP contribution < -0.4 is 9.44 Å². The molecule has 0 saturated carbocycles. The first-order valence-electron chi connectivity index (χ1n) is 5.12. The van der Waals surface area contributed by atoms with Gasteiger partial charge in [0, 0.05) is 5.02 Å². The molecule has 110 valence electrons. The molecule has 0 aliphatic rings. The van der Waals surface area contributed by atoms with Crippen LogP contribution in [0.25, 0.3) is 0 Å². The second-order valence-electron chi connectivity index (χ2n) is 3.51. The summed E-state index contributed by atoms with van der Waals surface area (Å²) in [7, 11) is -3.45. The van der Waals surface area contributed by atoms with Gasteiger partial charge in [0.1, 0.15) is 6.04 Å². The van der Waals surface area contributed by atoms with Crippen molar-refractivity contribution in [2.45, 2.75) is 6.04 Å². The molecular weight excluding hydrogens is 312 g/mol. The quantitative estimate of drug-likeness (QED) is 0.732. The van der Waals surface area contributed by atoms with Crippen molar-refractivity contribution in [2.75, 3.05) is 7.11 Å². The number of halogens is 1. The maximum absolute atomic E-state index is 11.6. The van der Waals surface area contributed by atoms with Crippen molar-refractivity contribution >= 4 is 33.9 Å². The van der Waals surface area contributed by atoms with Gasteiger partial charge in [-0.3, -0.25) is 4.79 Å². The number of hydrogen-bond acceptors (Lipinski definition) is 5. The van der Waals surface area contributed by atoms with Gasteiger partial charge in [0.15, 0.2) is 0 Å². The number of aliphatic carboxylic acids is 1. The lowest BCUT2D eigenvalue weighted by Crippen LogP contribution is -2.44. The lowest BCUT2D eigenvalue weighted by Gasteiger charge is -2.16. The van der Waals surface area contributed by atoms with Crippen molar-refractivity contribution < 1.29 is 27.9 Å². The summed E-state index contributed by atoms with van der Waals surface area (Å²) < 4.78 is 30.5. The molecule has 0 heterocycles. The zero-order valence-electron chi connectivity index (χ0n) is 10.2. The zero-order chi connectivity index (χ0) is 15.3. The monoisotopic (exact) mass is 322 g/mol. The number of carbonyl (C=O) groups is 2. The van der Waals surface area contributed by atoms with Crippen molar-refractivity contribution in [3.05, 3.63) is 34.9 Å². The number of rotatable bonds is 5. The number of carboxylic acids is 1. The molecule has 0 fully saturated rings. The molecule has 0 spiro atoms. The molecule has 1 aromatic rings. The highest BCUT2D eigenvalue weighted by molar-refractivity contribution is 7.88. The number of ether oxygens (including phenoxy) is 1. The Labute approximate surface area is 119 Å². The van der Waals surface area contributed by atoms with Crippen molar-refractivity contribution in [1.29, 1.82) is 0 Å². The molecule has 0 aliphatic carbocycles. The minimum Gasteiger partial charge on any atom is -0.480 e. The highest BCUT2D eigenvalue weighted by Crippen LogP contribution is 2.23. The Bertz CT molecular complexity index is 618. The average Bonchev–Trinajstić information content (AvgIpc) is 2.36. The molecule has 0 saturated heterocycles. The third-order valence-corrected chi connectivity index (χ3v) is 3.46. The van der Waals surface area contributed by atoms with E-state index in [1.165, 1.54) is 22.9 Å². The lowest BCUT2D eigenvalue weighted by molar-refractivity contribution is -0.139. The van der Waals surface area contributed by atoms with Crippen molar-refractivity contribution in [3.63, 3.8) is 0 Å². The molecule has 0 bridgehead atoms. The standard InChI is InChI=1S/C10H11ClN2O6S/c1-19-10(16)13-20(17,18)12-8(9(14)15)6-4-2-3-5-7(6)11/h2-5,8,12H,1H3,(H,13,16)(H,14,15)/t8-/m1/s1. The Kier molecular flexibility index (Phi) is 5.31. The topological polar surface area (TPSA) is 122 Å². The third kappa shape index (κ3) is 4.37. The molecule has 0 aliphatic heterocycles. The average molecular weight is 323 g/mol. The smallest absolute Gasteiger partial charge is 0.421 e. The van der Waals surface area contributed by atoms with Crippen LogP contribution in [0, 0.1) is 0 Å². The molecule has 10 heteroatoms. The maximum atomic E-state index is 11.6. The van der Waals surface area contributed by atoms with Gasteiger partial charge in [0.2, 0.25) is 0 Å². The molecule has 1 rings (SSSR count). The first-order valence-corrected chi connectivity index (χ1v) is 6.98. The van der Waals surface area contributed by atoms with Gasteiger partial charge < -0.3 is 9.84 Å². The molecule has 20 heavy (non-hydrogen) atoms. The van der Waals surface area contributed by atoms with Crippen LogP contribution in [0.1, 0.15) is 11.6 Å². The largest absolute Gasteiger partial charge is 0.480 e. The first kappa shape index (κ1) is 16.2. The number of amides is 1. The summed E-state index contributed by atoms with van der Waals surface area (Å²) in [6.45, 7) is 0. The number of hydrogen-bond donors (Lipinski definition) is 3. The number of carbonyl (C=O) groups excluding carboxylic acids is 1. The highest BCUT2D eigenvalue weighted by atomic mass is 35.5. The number of nitrogens with one attached hydrogen (secondary N) is 2. The van der Waals surface area contributed by atoms with Gasteiger partial charge in [-0.1, -0.05) is 29.8 Å². The first-order chi connectivity index (χ1) is 9.26. The minimum absolute atomic E-state index is 0.0388. The molecule has 0 unspecified atom stereocenters. The molecule has 1 aromatic carbocycles. The SMILES string of the molecule is COC(=O)NS(=O)(=O)N[C@@H](C(=O)O)c1ccccc1Cl. The van der Waals surface area contributed by atoms with Gasteiger partial charge in [-0.2, -0.15) is 13.1 Å². The van der Waals surface area contributed by atoms with E-state index in [0.717, 1.165) is 7.11 Å². The highest BCUT2D eigenvalue weighted by Gasteiger charge is 2.28. The van der Waals surface area contributed by atoms with Crippen LogP contribution in [0.5, 0.6) is 0 Å². The van der Waals surface area contributed by atoms with E-state index in [4.69, 9.17) is 16.7 Å². The Hall–Kier alpha value is -1.84. The minimum atomic E-state index is -4.42. The number of benzene rings is 1. The summed E-state index contributed by atoms with van der Waals surface area (Å²) in [5.74, 6) is -1.48. The van der Waals surface area contributed by atoms with E-state index in [1.54, 1.807) is 10.8 Å². The molecule has 8 nitrogen and oxygen atoms in total. The summed E-state index contributed by atoms with van der Waals surface area (Å²) in [5.41, 5.74) is 0.0388. The van der Waals surface area contributed by atoms with Crippen molar-refractivity contribution in [3.8, 4) is 0 Å².